The molecule has 154 valence electrons. The number of ether oxygens (including phenoxy) is 2. The lowest BCUT2D eigenvalue weighted by Crippen LogP contribution is -2.51. The van der Waals surface area contributed by atoms with Crippen molar-refractivity contribution in [3.8, 4) is 11.4 Å². The number of hydrogen-bond acceptors (Lipinski definition) is 4. The van der Waals surface area contributed by atoms with Crippen LogP contribution in [0.3, 0.4) is 0 Å². The van der Waals surface area contributed by atoms with Gasteiger partial charge in [0.05, 0.1) is 18.3 Å². The molecule has 0 bridgehead atoms. The maximum Gasteiger partial charge on any atom is 0.410 e. The summed E-state index contributed by atoms with van der Waals surface area (Å²) in [6.45, 7) is 1.59. The summed E-state index contributed by atoms with van der Waals surface area (Å²) in [4.78, 5) is 14.4. The molecular formula is C24H25N3O3. The Hall–Kier alpha value is -3.41. The summed E-state index contributed by atoms with van der Waals surface area (Å²) >= 11 is 0. The second kappa shape index (κ2) is 7.44. The van der Waals surface area contributed by atoms with E-state index in [1.54, 1.807) is 7.11 Å². The van der Waals surface area contributed by atoms with E-state index >= 15 is 0 Å². The molecule has 0 saturated carbocycles. The van der Waals surface area contributed by atoms with E-state index < -0.39 is 0 Å². The van der Waals surface area contributed by atoms with Gasteiger partial charge >= 0.3 is 6.09 Å². The largest absolute Gasteiger partial charge is 0.494 e. The lowest BCUT2D eigenvalue weighted by Gasteiger charge is -2.46. The molecule has 6 nitrogen and oxygen atoms in total. The number of amides is 1. The van der Waals surface area contributed by atoms with Crippen molar-refractivity contribution in [2.24, 2.45) is 0 Å². The van der Waals surface area contributed by atoms with Gasteiger partial charge in [-0.05, 0) is 42.7 Å². The van der Waals surface area contributed by atoms with Crippen LogP contribution in [0.15, 0.2) is 66.9 Å². The lowest BCUT2D eigenvalue weighted by molar-refractivity contribution is 0.0794. The van der Waals surface area contributed by atoms with E-state index in [2.05, 4.69) is 34.3 Å². The number of piperidine rings is 1. The van der Waals surface area contributed by atoms with Crippen LogP contribution in [0.1, 0.15) is 24.1 Å². The number of hydrogen-bond donors (Lipinski definition) is 1. The molecule has 1 fully saturated rings. The van der Waals surface area contributed by atoms with Gasteiger partial charge in [0.25, 0.3) is 0 Å². The van der Waals surface area contributed by atoms with Crippen LogP contribution in [-0.2, 0) is 16.9 Å². The van der Waals surface area contributed by atoms with E-state index in [1.807, 2.05) is 47.4 Å². The third kappa shape index (κ3) is 3.09. The van der Waals surface area contributed by atoms with Crippen molar-refractivity contribution in [2.45, 2.75) is 25.0 Å². The van der Waals surface area contributed by atoms with Gasteiger partial charge in [-0.3, -0.25) is 0 Å². The number of carbonyl (C=O) groups excluding carboxylic acids is 1. The summed E-state index contributed by atoms with van der Waals surface area (Å²) in [5, 5.41) is 3.77. The quantitative estimate of drug-likeness (QED) is 0.698. The smallest absolute Gasteiger partial charge is 0.410 e. The molecule has 0 atom stereocenters. The second-order valence-electron chi connectivity index (χ2n) is 7.85. The molecule has 1 aromatic heterocycles. The van der Waals surface area contributed by atoms with Gasteiger partial charge in [0.15, 0.2) is 0 Å². The standard InChI is InChI=1S/C24H25N3O3/c1-29-20-10-5-9-19-22(20)27-14-6-11-21(27)24(25-19)12-15-26(16-13-24)23(28)30-17-18-7-3-2-4-8-18/h2-11,14,25H,12-13,15-17H2,1H3. The summed E-state index contributed by atoms with van der Waals surface area (Å²) < 4.78 is 13.3. The number of nitrogens with zero attached hydrogens (tertiary/aromatic N) is 2. The second-order valence-corrected chi connectivity index (χ2v) is 7.85. The summed E-state index contributed by atoms with van der Waals surface area (Å²) in [6, 6.07) is 20.1. The number of rotatable bonds is 3. The SMILES string of the molecule is COc1cccc2c1-n1cccc1C1(CCN(C(=O)OCc3ccccc3)CC1)N2. The van der Waals surface area contributed by atoms with Crippen molar-refractivity contribution in [3.05, 3.63) is 78.1 Å². The third-order valence-electron chi connectivity index (χ3n) is 6.15. The molecule has 30 heavy (non-hydrogen) atoms. The molecule has 1 amide bonds. The highest BCUT2D eigenvalue weighted by atomic mass is 16.6. The Labute approximate surface area is 176 Å². The van der Waals surface area contributed by atoms with Crippen molar-refractivity contribution >= 4 is 11.8 Å². The highest BCUT2D eigenvalue weighted by Gasteiger charge is 2.43. The molecule has 6 heteroatoms. The van der Waals surface area contributed by atoms with Gasteiger partial charge in [-0.15, -0.1) is 0 Å². The van der Waals surface area contributed by atoms with Crippen molar-refractivity contribution in [1.29, 1.82) is 0 Å². The zero-order valence-corrected chi connectivity index (χ0v) is 17.0. The monoisotopic (exact) mass is 403 g/mol. The van der Waals surface area contributed by atoms with E-state index in [-0.39, 0.29) is 11.6 Å². The van der Waals surface area contributed by atoms with Gasteiger partial charge in [0.2, 0.25) is 0 Å². The molecule has 5 rings (SSSR count). The Morgan fingerprint density at radius 2 is 1.83 bits per heavy atom. The highest BCUT2D eigenvalue weighted by molar-refractivity contribution is 5.73. The lowest BCUT2D eigenvalue weighted by atomic mass is 9.82. The number of anilines is 1. The molecule has 1 spiro atoms. The maximum absolute atomic E-state index is 12.6. The Morgan fingerprint density at radius 1 is 1.03 bits per heavy atom. The van der Waals surface area contributed by atoms with Crippen molar-refractivity contribution in [1.82, 2.24) is 9.47 Å². The molecular weight excluding hydrogens is 378 g/mol. The Bertz CT molecular complexity index is 1050. The van der Waals surface area contributed by atoms with Crippen LogP contribution < -0.4 is 10.1 Å². The minimum atomic E-state index is -0.248. The molecule has 2 aromatic carbocycles. The maximum atomic E-state index is 12.6. The molecule has 3 aromatic rings. The number of fused-ring (bicyclic) bond motifs is 4. The van der Waals surface area contributed by atoms with E-state index in [0.29, 0.717) is 19.7 Å². The number of aromatic nitrogens is 1. The fourth-order valence-electron chi connectivity index (χ4n) is 4.59. The summed E-state index contributed by atoms with van der Waals surface area (Å²) in [5.41, 5.74) is 4.08. The number of likely N-dealkylation sites (tertiary alicyclic amines) is 1. The van der Waals surface area contributed by atoms with Crippen molar-refractivity contribution in [3.63, 3.8) is 0 Å². The number of nitrogens with one attached hydrogen (secondary N) is 1. The number of carbonyl (C=O) groups is 1. The average molecular weight is 403 g/mol. The minimum Gasteiger partial charge on any atom is -0.494 e. The van der Waals surface area contributed by atoms with E-state index in [4.69, 9.17) is 9.47 Å². The Balaban J connectivity index is 1.32. The molecule has 0 radical (unpaired) electrons. The molecule has 2 aliphatic heterocycles. The van der Waals surface area contributed by atoms with E-state index in [0.717, 1.165) is 35.5 Å². The fourth-order valence-corrected chi connectivity index (χ4v) is 4.59. The normalized spacial score (nSPS) is 16.4. The van der Waals surface area contributed by atoms with Crippen molar-refractivity contribution < 1.29 is 14.3 Å². The topological polar surface area (TPSA) is 55.7 Å². The predicted molar refractivity (Wildman–Crippen MR) is 115 cm³/mol. The zero-order chi connectivity index (χ0) is 20.6. The Kier molecular flexibility index (Phi) is 4.62. The minimum absolute atomic E-state index is 0.209. The molecule has 0 aliphatic carbocycles. The van der Waals surface area contributed by atoms with Crippen molar-refractivity contribution in [2.75, 3.05) is 25.5 Å². The van der Waals surface area contributed by atoms with E-state index in [9.17, 15) is 4.79 Å². The van der Waals surface area contributed by atoms with Crippen LogP contribution in [0.5, 0.6) is 5.75 Å². The number of methoxy groups -OCH3 is 1. The first kappa shape index (κ1) is 18.6. The zero-order valence-electron chi connectivity index (χ0n) is 17.0. The molecule has 0 unspecified atom stereocenters. The fraction of sp³-hybridized carbons (Fsp3) is 0.292. The molecule has 1 N–H and O–H groups in total. The van der Waals surface area contributed by atoms with Gasteiger partial charge in [0.1, 0.15) is 18.0 Å². The first-order valence-corrected chi connectivity index (χ1v) is 10.3. The van der Waals surface area contributed by atoms with Crippen LogP contribution in [-0.4, -0.2) is 35.8 Å². The molecule has 1 saturated heterocycles. The Morgan fingerprint density at radius 3 is 2.60 bits per heavy atom. The van der Waals surface area contributed by atoms with Crippen LogP contribution in [0.2, 0.25) is 0 Å². The summed E-state index contributed by atoms with van der Waals surface area (Å²) in [5.74, 6) is 0.842. The van der Waals surface area contributed by atoms with Gasteiger partial charge in [-0.1, -0.05) is 36.4 Å². The predicted octanol–water partition coefficient (Wildman–Crippen LogP) is 4.54. The van der Waals surface area contributed by atoms with E-state index in [1.165, 1.54) is 5.69 Å². The first-order chi connectivity index (χ1) is 14.7. The van der Waals surface area contributed by atoms with Gasteiger partial charge in [0, 0.05) is 25.0 Å². The van der Waals surface area contributed by atoms with Crippen LogP contribution in [0.25, 0.3) is 5.69 Å². The van der Waals surface area contributed by atoms with Gasteiger partial charge < -0.3 is 24.3 Å². The highest BCUT2D eigenvalue weighted by Crippen LogP contribution is 2.46. The third-order valence-corrected chi connectivity index (χ3v) is 6.15. The number of benzene rings is 2. The number of para-hydroxylation sites is 1. The first-order valence-electron chi connectivity index (χ1n) is 10.3. The summed E-state index contributed by atoms with van der Waals surface area (Å²) in [6.07, 6.45) is 3.46. The molecule has 3 heterocycles. The van der Waals surface area contributed by atoms with Gasteiger partial charge in [-0.25, -0.2) is 4.79 Å². The van der Waals surface area contributed by atoms with Crippen LogP contribution >= 0.6 is 0 Å². The summed E-state index contributed by atoms with van der Waals surface area (Å²) in [7, 11) is 1.70. The van der Waals surface area contributed by atoms with Gasteiger partial charge in [-0.2, -0.15) is 0 Å². The average Bonchev–Trinajstić information content (AvgIpc) is 3.29. The van der Waals surface area contributed by atoms with Crippen LogP contribution in [0, 0.1) is 0 Å². The molecule has 2 aliphatic rings. The van der Waals surface area contributed by atoms with Crippen LogP contribution in [0.4, 0.5) is 10.5 Å².